The van der Waals surface area contributed by atoms with Gasteiger partial charge < -0.3 is 5.11 Å². The molecule has 0 bridgehead atoms. The molecular formula is C17H16N4O7. The molecule has 0 fully saturated rings. The highest BCUT2D eigenvalue weighted by Gasteiger charge is 2.31. The standard InChI is InChI=1S/C11H13N.C6H3N3O7/c1-8-11(2,3)9-6-4-5-7-10(9)12-8;10-6-4(8(13)14)1-3(7(11)12)2-5(6)9(15)16/h4-7H,1-3H3;1-2,10H. The van der Waals surface area contributed by atoms with Gasteiger partial charge in [0, 0.05) is 11.1 Å². The lowest BCUT2D eigenvalue weighted by Crippen LogP contribution is -2.22. The Hall–Kier alpha value is -3.89. The van der Waals surface area contributed by atoms with Crippen molar-refractivity contribution in [1.82, 2.24) is 0 Å². The number of phenols is 1. The van der Waals surface area contributed by atoms with E-state index in [1.54, 1.807) is 0 Å². The normalized spacial score (nSPS) is 13.6. The maximum Gasteiger partial charge on any atom is 0.324 e. The van der Waals surface area contributed by atoms with E-state index in [0.29, 0.717) is 12.1 Å². The van der Waals surface area contributed by atoms with Gasteiger partial charge in [0.15, 0.2) is 0 Å². The van der Waals surface area contributed by atoms with Gasteiger partial charge in [0.1, 0.15) is 0 Å². The molecule has 1 N–H and O–H groups in total. The first kappa shape index (κ1) is 20.4. The molecule has 0 amide bonds. The van der Waals surface area contributed by atoms with E-state index in [1.165, 1.54) is 11.3 Å². The number of rotatable bonds is 3. The fourth-order valence-electron chi connectivity index (χ4n) is 2.59. The van der Waals surface area contributed by atoms with Crippen molar-refractivity contribution < 1.29 is 19.9 Å². The van der Waals surface area contributed by atoms with Crippen molar-refractivity contribution in [2.24, 2.45) is 4.99 Å². The molecular weight excluding hydrogens is 372 g/mol. The summed E-state index contributed by atoms with van der Waals surface area (Å²) in [5, 5.41) is 40.2. The van der Waals surface area contributed by atoms with E-state index in [1.807, 2.05) is 6.07 Å². The number of para-hydroxylation sites is 1. The zero-order valence-corrected chi connectivity index (χ0v) is 15.1. The average Bonchev–Trinajstić information content (AvgIpc) is 2.84. The number of nitro groups is 3. The number of non-ortho nitro benzene ring substituents is 1. The summed E-state index contributed by atoms with van der Waals surface area (Å²) < 4.78 is 0. The van der Waals surface area contributed by atoms with E-state index >= 15 is 0 Å². The van der Waals surface area contributed by atoms with Crippen LogP contribution in [0.25, 0.3) is 0 Å². The van der Waals surface area contributed by atoms with Crippen LogP contribution in [0.15, 0.2) is 41.4 Å². The number of hydrogen-bond donors (Lipinski definition) is 1. The molecule has 2 aromatic rings. The minimum Gasteiger partial charge on any atom is -0.497 e. The predicted molar refractivity (Wildman–Crippen MR) is 100 cm³/mol. The van der Waals surface area contributed by atoms with Crippen molar-refractivity contribution in [3.63, 3.8) is 0 Å². The number of nitrogens with zero attached hydrogens (tertiary/aromatic N) is 4. The first-order chi connectivity index (χ1) is 13.0. The smallest absolute Gasteiger partial charge is 0.324 e. The topological polar surface area (TPSA) is 162 Å². The average molecular weight is 388 g/mol. The lowest BCUT2D eigenvalue weighted by Gasteiger charge is -2.19. The van der Waals surface area contributed by atoms with Gasteiger partial charge in [0.25, 0.3) is 11.4 Å². The van der Waals surface area contributed by atoms with Gasteiger partial charge in [-0.1, -0.05) is 32.0 Å². The number of benzene rings is 2. The fraction of sp³-hybridized carbons (Fsp3) is 0.235. The zero-order valence-electron chi connectivity index (χ0n) is 15.1. The Labute approximate surface area is 158 Å². The summed E-state index contributed by atoms with van der Waals surface area (Å²) in [6.45, 7) is 6.54. The molecule has 1 aliphatic rings. The monoisotopic (exact) mass is 388 g/mol. The summed E-state index contributed by atoms with van der Waals surface area (Å²) >= 11 is 0. The Morgan fingerprint density at radius 2 is 1.43 bits per heavy atom. The number of aromatic hydroxyl groups is 1. The van der Waals surface area contributed by atoms with Gasteiger partial charge >= 0.3 is 11.4 Å². The summed E-state index contributed by atoms with van der Waals surface area (Å²) in [4.78, 5) is 32.3. The molecule has 1 aliphatic heterocycles. The van der Waals surface area contributed by atoms with Crippen LogP contribution in [-0.2, 0) is 5.41 Å². The van der Waals surface area contributed by atoms with E-state index in [9.17, 15) is 30.3 Å². The van der Waals surface area contributed by atoms with Gasteiger partial charge in [-0.3, -0.25) is 35.3 Å². The number of aliphatic imine (C=N–C) groups is 1. The maximum atomic E-state index is 10.4. The van der Waals surface area contributed by atoms with E-state index < -0.39 is 37.6 Å². The predicted octanol–water partition coefficient (Wildman–Crippen LogP) is 4.19. The molecule has 0 atom stereocenters. The molecule has 0 unspecified atom stereocenters. The van der Waals surface area contributed by atoms with Gasteiger partial charge in [0.2, 0.25) is 0 Å². The molecule has 146 valence electrons. The Bertz CT molecular complexity index is 979. The second-order valence-corrected chi connectivity index (χ2v) is 6.44. The third kappa shape index (κ3) is 3.77. The van der Waals surface area contributed by atoms with Crippen LogP contribution in [0, 0.1) is 30.3 Å². The molecule has 1 heterocycles. The second-order valence-electron chi connectivity index (χ2n) is 6.44. The summed E-state index contributed by atoms with van der Waals surface area (Å²) in [6, 6.07) is 9.25. The van der Waals surface area contributed by atoms with Crippen molar-refractivity contribution >= 4 is 28.5 Å². The summed E-state index contributed by atoms with van der Waals surface area (Å²) in [6.07, 6.45) is 0. The van der Waals surface area contributed by atoms with E-state index in [0.717, 1.165) is 5.69 Å². The van der Waals surface area contributed by atoms with Crippen molar-refractivity contribution in [3.8, 4) is 5.75 Å². The Morgan fingerprint density at radius 3 is 1.86 bits per heavy atom. The van der Waals surface area contributed by atoms with E-state index in [4.69, 9.17) is 5.11 Å². The number of hydrogen-bond acceptors (Lipinski definition) is 8. The molecule has 0 spiro atoms. The second kappa shape index (κ2) is 7.39. The first-order valence-electron chi connectivity index (χ1n) is 7.92. The summed E-state index contributed by atoms with van der Waals surface area (Å²) in [5.74, 6) is -1.21. The van der Waals surface area contributed by atoms with Crippen LogP contribution in [0.3, 0.4) is 0 Å². The van der Waals surface area contributed by atoms with Crippen LogP contribution in [-0.4, -0.2) is 25.6 Å². The van der Waals surface area contributed by atoms with Gasteiger partial charge in [-0.15, -0.1) is 0 Å². The van der Waals surface area contributed by atoms with Crippen LogP contribution in [0.5, 0.6) is 5.75 Å². The van der Waals surface area contributed by atoms with Crippen LogP contribution >= 0.6 is 0 Å². The minimum atomic E-state index is -1.21. The molecule has 11 nitrogen and oxygen atoms in total. The number of fused-ring (bicyclic) bond motifs is 1. The SMILES string of the molecule is CC1=Nc2ccccc2C1(C)C.O=[N+]([O-])c1cc([N+](=O)[O-])c(O)c([N+](=O)[O-])c1. The van der Waals surface area contributed by atoms with Crippen molar-refractivity contribution in [3.05, 3.63) is 72.3 Å². The number of nitro benzene ring substituents is 3. The molecule has 0 aliphatic carbocycles. The van der Waals surface area contributed by atoms with Crippen LogP contribution < -0.4 is 0 Å². The lowest BCUT2D eigenvalue weighted by atomic mass is 9.82. The van der Waals surface area contributed by atoms with E-state index in [-0.39, 0.29) is 5.41 Å². The largest absolute Gasteiger partial charge is 0.497 e. The Balaban J connectivity index is 0.000000207. The zero-order chi connectivity index (χ0) is 21.2. The van der Waals surface area contributed by atoms with Gasteiger partial charge in [-0.2, -0.15) is 0 Å². The highest BCUT2D eigenvalue weighted by atomic mass is 16.6. The van der Waals surface area contributed by atoms with Gasteiger partial charge in [-0.25, -0.2) is 0 Å². The summed E-state index contributed by atoms with van der Waals surface area (Å²) in [7, 11) is 0. The highest BCUT2D eigenvalue weighted by molar-refractivity contribution is 5.99. The van der Waals surface area contributed by atoms with Crippen LogP contribution in [0.4, 0.5) is 22.7 Å². The Kier molecular flexibility index (Phi) is 5.39. The summed E-state index contributed by atoms with van der Waals surface area (Å²) in [5.41, 5.74) is 0.834. The number of phenolic OH excluding ortho intramolecular Hbond substituents is 1. The molecule has 0 saturated heterocycles. The maximum absolute atomic E-state index is 10.4. The lowest BCUT2D eigenvalue weighted by molar-refractivity contribution is -0.404. The van der Waals surface area contributed by atoms with E-state index in [2.05, 4.69) is 44.0 Å². The molecule has 0 aromatic heterocycles. The van der Waals surface area contributed by atoms with Gasteiger partial charge in [0.05, 0.1) is 32.6 Å². The third-order valence-electron chi connectivity index (χ3n) is 4.43. The highest BCUT2D eigenvalue weighted by Crippen LogP contribution is 2.40. The molecule has 3 rings (SSSR count). The van der Waals surface area contributed by atoms with Crippen LogP contribution in [0.2, 0.25) is 0 Å². The molecule has 2 aromatic carbocycles. The minimum absolute atomic E-state index is 0.136. The first-order valence-corrected chi connectivity index (χ1v) is 7.92. The molecule has 28 heavy (non-hydrogen) atoms. The van der Waals surface area contributed by atoms with Crippen LogP contribution in [0.1, 0.15) is 26.3 Å². The molecule has 0 saturated carbocycles. The molecule has 0 radical (unpaired) electrons. The Morgan fingerprint density at radius 1 is 0.929 bits per heavy atom. The van der Waals surface area contributed by atoms with Crippen molar-refractivity contribution in [1.29, 1.82) is 0 Å². The van der Waals surface area contributed by atoms with Crippen molar-refractivity contribution in [2.75, 3.05) is 0 Å². The van der Waals surface area contributed by atoms with Crippen molar-refractivity contribution in [2.45, 2.75) is 26.2 Å². The fourth-order valence-corrected chi connectivity index (χ4v) is 2.59. The van der Waals surface area contributed by atoms with Gasteiger partial charge in [-0.05, 0) is 18.6 Å². The quantitative estimate of drug-likeness (QED) is 0.608. The third-order valence-corrected chi connectivity index (χ3v) is 4.43. The molecule has 11 heteroatoms.